The van der Waals surface area contributed by atoms with Gasteiger partial charge in [0.1, 0.15) is 0 Å². The second-order valence-electron chi connectivity index (χ2n) is 9.35. The number of allylic oxidation sites excluding steroid dienone is 1. The largest absolute Gasteiger partial charge is 0.300 e. The van der Waals surface area contributed by atoms with Crippen molar-refractivity contribution in [1.82, 2.24) is 9.80 Å². The molecule has 1 aromatic heterocycles. The summed E-state index contributed by atoms with van der Waals surface area (Å²) in [7, 11) is 0. The Hall–Kier alpha value is -1.75. The molecule has 3 aliphatic rings. The summed E-state index contributed by atoms with van der Waals surface area (Å²) in [6.45, 7) is 7.40. The minimum Gasteiger partial charge on any atom is -0.300 e. The molecule has 30 heavy (non-hydrogen) atoms. The summed E-state index contributed by atoms with van der Waals surface area (Å²) in [5.41, 5.74) is 2.88. The van der Waals surface area contributed by atoms with Crippen molar-refractivity contribution in [3.63, 3.8) is 0 Å². The van der Waals surface area contributed by atoms with Crippen molar-refractivity contribution in [1.29, 1.82) is 0 Å². The molecule has 2 aromatic rings. The van der Waals surface area contributed by atoms with E-state index in [4.69, 9.17) is 0 Å². The fraction of sp³-hybridized carbons (Fsp3) is 0.500. The highest BCUT2D eigenvalue weighted by Crippen LogP contribution is 2.42. The van der Waals surface area contributed by atoms with E-state index >= 15 is 0 Å². The molecule has 5 rings (SSSR count). The van der Waals surface area contributed by atoms with Crippen LogP contribution < -0.4 is 0 Å². The predicted octanol–water partition coefficient (Wildman–Crippen LogP) is 4.86. The molecule has 2 fully saturated rings. The monoisotopic (exact) mass is 420 g/mol. The predicted molar refractivity (Wildman–Crippen MR) is 124 cm³/mol. The van der Waals surface area contributed by atoms with Gasteiger partial charge in [-0.15, -0.1) is 11.3 Å². The van der Waals surface area contributed by atoms with Crippen LogP contribution in [-0.4, -0.2) is 54.3 Å². The van der Waals surface area contributed by atoms with E-state index in [1.165, 1.54) is 37.1 Å². The van der Waals surface area contributed by atoms with Crippen LogP contribution in [0.15, 0.2) is 53.9 Å². The lowest BCUT2D eigenvalue weighted by Crippen LogP contribution is -2.29. The van der Waals surface area contributed by atoms with Crippen LogP contribution in [0.3, 0.4) is 0 Å². The van der Waals surface area contributed by atoms with E-state index in [1.54, 1.807) is 11.3 Å². The summed E-state index contributed by atoms with van der Waals surface area (Å²) < 4.78 is 0. The summed E-state index contributed by atoms with van der Waals surface area (Å²) in [6.07, 6.45) is 8.66. The maximum atomic E-state index is 12.5. The lowest BCUT2D eigenvalue weighted by molar-refractivity contribution is 0.0946. The Morgan fingerprint density at radius 3 is 2.73 bits per heavy atom. The van der Waals surface area contributed by atoms with Gasteiger partial charge >= 0.3 is 0 Å². The second kappa shape index (κ2) is 8.78. The first kappa shape index (κ1) is 20.2. The summed E-state index contributed by atoms with van der Waals surface area (Å²) in [5.74, 6) is 1.95. The molecule has 1 aromatic carbocycles. The van der Waals surface area contributed by atoms with E-state index < -0.39 is 0 Å². The number of hydrogen-bond donors (Lipinski definition) is 0. The smallest absolute Gasteiger partial charge is 0.186 e. The third-order valence-corrected chi connectivity index (χ3v) is 8.33. The minimum absolute atomic E-state index is 0.266. The Kier molecular flexibility index (Phi) is 5.90. The Labute approximate surface area is 184 Å². The molecular weight excluding hydrogens is 388 g/mol. The lowest BCUT2D eigenvalue weighted by Gasteiger charge is -2.22. The van der Waals surface area contributed by atoms with Crippen LogP contribution in [0.2, 0.25) is 0 Å². The first-order chi connectivity index (χ1) is 14.7. The Morgan fingerprint density at radius 1 is 1.13 bits per heavy atom. The highest BCUT2D eigenvalue weighted by Gasteiger charge is 2.40. The van der Waals surface area contributed by atoms with Crippen LogP contribution in [0.4, 0.5) is 0 Å². The normalized spacial score (nSPS) is 29.0. The topological polar surface area (TPSA) is 23.6 Å². The van der Waals surface area contributed by atoms with Crippen molar-refractivity contribution in [2.75, 3.05) is 32.7 Å². The lowest BCUT2D eigenvalue weighted by atomic mass is 9.85. The third-order valence-electron chi connectivity index (χ3n) is 7.42. The summed E-state index contributed by atoms with van der Waals surface area (Å²) >= 11 is 1.55. The van der Waals surface area contributed by atoms with E-state index in [1.807, 2.05) is 17.5 Å². The fourth-order valence-electron chi connectivity index (χ4n) is 5.64. The van der Waals surface area contributed by atoms with Crippen molar-refractivity contribution < 1.29 is 4.79 Å². The van der Waals surface area contributed by atoms with E-state index in [9.17, 15) is 4.79 Å². The highest BCUT2D eigenvalue weighted by atomic mass is 32.1. The van der Waals surface area contributed by atoms with E-state index in [0.717, 1.165) is 30.4 Å². The average molecular weight is 421 g/mol. The molecule has 158 valence electrons. The molecule has 0 amide bonds. The number of carbonyl (C=O) groups is 1. The van der Waals surface area contributed by atoms with Crippen LogP contribution in [0, 0.1) is 11.8 Å². The van der Waals surface area contributed by atoms with Crippen molar-refractivity contribution >= 4 is 17.1 Å². The molecular formula is C26H32N2OS. The second-order valence-corrected chi connectivity index (χ2v) is 10.3. The first-order valence-electron chi connectivity index (χ1n) is 11.5. The minimum atomic E-state index is 0.266. The number of likely N-dealkylation sites (tertiary alicyclic amines) is 2. The maximum absolute atomic E-state index is 12.5. The van der Waals surface area contributed by atoms with Crippen molar-refractivity contribution in [3.05, 3.63) is 69.9 Å². The molecule has 3 nitrogen and oxygen atoms in total. The molecule has 4 unspecified atom stereocenters. The van der Waals surface area contributed by atoms with Gasteiger partial charge < -0.3 is 4.90 Å². The number of thiophene rings is 1. The Morgan fingerprint density at radius 2 is 2.00 bits per heavy atom. The number of fused-ring (bicyclic) bond motifs is 1. The standard InChI is InChI=1S/C26H32N2OS/c1-19-4-2-13-28(19)14-12-20-6-8-21(9-7-20)23-11-10-22-16-27(17-24(22)23)18-25(29)26-5-3-15-30-26/h3,5-11,15,19,22-24H,2,4,12-14,16-18H2,1H3. The van der Waals surface area contributed by atoms with Gasteiger partial charge in [-0.2, -0.15) is 0 Å². The van der Waals surface area contributed by atoms with Crippen molar-refractivity contribution in [2.24, 2.45) is 11.8 Å². The van der Waals surface area contributed by atoms with Gasteiger partial charge in [0.2, 0.25) is 0 Å². The zero-order chi connectivity index (χ0) is 20.5. The van der Waals surface area contributed by atoms with Gasteiger partial charge in [0, 0.05) is 31.6 Å². The molecule has 3 heterocycles. The maximum Gasteiger partial charge on any atom is 0.186 e. The van der Waals surface area contributed by atoms with Crippen LogP contribution in [0.5, 0.6) is 0 Å². The average Bonchev–Trinajstić information content (AvgIpc) is 3.52. The number of ketones is 1. The van der Waals surface area contributed by atoms with E-state index in [-0.39, 0.29) is 5.78 Å². The van der Waals surface area contributed by atoms with Gasteiger partial charge in [-0.1, -0.05) is 42.5 Å². The molecule has 1 aliphatic carbocycles. The first-order valence-corrected chi connectivity index (χ1v) is 12.4. The Bertz CT molecular complexity index is 888. The van der Waals surface area contributed by atoms with Gasteiger partial charge in [0.05, 0.1) is 11.4 Å². The van der Waals surface area contributed by atoms with Crippen molar-refractivity contribution in [3.8, 4) is 0 Å². The molecule has 0 radical (unpaired) electrons. The number of carbonyl (C=O) groups excluding carboxylic acids is 1. The SMILES string of the molecule is CC1CCCN1CCc1ccc(C2C=CC3CN(CC(=O)c4cccs4)CC32)cc1. The van der Waals surface area contributed by atoms with Gasteiger partial charge in [0.15, 0.2) is 5.78 Å². The zero-order valence-corrected chi connectivity index (χ0v) is 18.7. The van der Waals surface area contributed by atoms with Crippen LogP contribution in [-0.2, 0) is 6.42 Å². The molecule has 2 saturated heterocycles. The quantitative estimate of drug-likeness (QED) is 0.472. The summed E-state index contributed by atoms with van der Waals surface area (Å²) in [5, 5.41) is 1.99. The van der Waals surface area contributed by atoms with Crippen LogP contribution in [0.1, 0.15) is 46.5 Å². The van der Waals surface area contributed by atoms with E-state index in [2.05, 4.69) is 53.1 Å². The Balaban J connectivity index is 1.17. The molecule has 4 atom stereocenters. The zero-order valence-electron chi connectivity index (χ0n) is 17.9. The summed E-state index contributed by atoms with van der Waals surface area (Å²) in [6, 6.07) is 14.0. The number of rotatable bonds is 7. The molecule has 2 aliphatic heterocycles. The fourth-order valence-corrected chi connectivity index (χ4v) is 6.30. The molecule has 4 heteroatoms. The number of nitrogens with zero attached hydrogens (tertiary/aromatic N) is 2. The molecule has 0 bridgehead atoms. The summed E-state index contributed by atoms with van der Waals surface area (Å²) in [4.78, 5) is 18.4. The van der Waals surface area contributed by atoms with E-state index in [0.29, 0.717) is 24.3 Å². The van der Waals surface area contributed by atoms with Crippen molar-refractivity contribution in [2.45, 2.75) is 38.1 Å². The molecule has 0 N–H and O–H groups in total. The van der Waals surface area contributed by atoms with Gasteiger partial charge in [0.25, 0.3) is 0 Å². The number of benzene rings is 1. The number of Topliss-reactive ketones (excluding diaryl/α,β-unsaturated/α-hetero) is 1. The highest BCUT2D eigenvalue weighted by molar-refractivity contribution is 7.12. The van der Waals surface area contributed by atoms with Gasteiger partial charge in [-0.3, -0.25) is 9.69 Å². The van der Waals surface area contributed by atoms with Gasteiger partial charge in [-0.05, 0) is 67.1 Å². The number of hydrogen-bond acceptors (Lipinski definition) is 4. The molecule has 0 spiro atoms. The van der Waals surface area contributed by atoms with Crippen LogP contribution >= 0.6 is 11.3 Å². The van der Waals surface area contributed by atoms with Gasteiger partial charge in [-0.25, -0.2) is 0 Å². The third kappa shape index (κ3) is 4.18. The van der Waals surface area contributed by atoms with Crippen LogP contribution in [0.25, 0.3) is 0 Å². The molecule has 0 saturated carbocycles.